The maximum atomic E-state index is 5.58. The molecule has 5 heteroatoms. The van der Waals surface area contributed by atoms with Crippen LogP contribution in [0, 0.1) is 4.84 Å². The zero-order valence-corrected chi connectivity index (χ0v) is 8.90. The molecule has 0 spiro atoms. The molecule has 1 heterocycles. The van der Waals surface area contributed by atoms with E-state index in [9.17, 15) is 0 Å². The van der Waals surface area contributed by atoms with Gasteiger partial charge in [0, 0.05) is 6.61 Å². The van der Waals surface area contributed by atoms with Gasteiger partial charge in [0.25, 0.3) is 0 Å². The number of nitrogens with zero attached hydrogens (tertiary/aromatic N) is 1. The summed E-state index contributed by atoms with van der Waals surface area (Å²) in [6.07, 6.45) is 0.818. The molecule has 0 aliphatic heterocycles. The molecule has 0 aromatic carbocycles. The Morgan fingerprint density at radius 2 is 2.31 bits per heavy atom. The Balaban J connectivity index is 2.94. The number of nitrogens with one attached hydrogen (secondary N) is 1. The summed E-state index contributed by atoms with van der Waals surface area (Å²) >= 11 is 4.77. The predicted octanol–water partition coefficient (Wildman–Crippen LogP) is 2.39. The first kappa shape index (κ1) is 10.4. The lowest BCUT2D eigenvalue weighted by atomic mass is 10.0. The number of rotatable bonds is 4. The minimum atomic E-state index is -0.421. The second-order valence-corrected chi connectivity index (χ2v) is 3.30. The Morgan fingerprint density at radius 1 is 1.62 bits per heavy atom. The number of aromatic nitrogens is 2. The largest absolute Gasteiger partial charge is 0.368 e. The lowest BCUT2D eigenvalue weighted by Crippen LogP contribution is -2.26. The number of aromatic amines is 1. The summed E-state index contributed by atoms with van der Waals surface area (Å²) in [4.78, 5) is 4.26. The van der Waals surface area contributed by atoms with Crippen LogP contribution in [0.5, 0.6) is 0 Å². The van der Waals surface area contributed by atoms with Crippen LogP contribution in [0.2, 0.25) is 0 Å². The first-order valence-electron chi connectivity index (χ1n) is 4.32. The van der Waals surface area contributed by atoms with Gasteiger partial charge in [-0.15, -0.1) is 0 Å². The highest BCUT2D eigenvalue weighted by Gasteiger charge is 2.28. The Kier molecular flexibility index (Phi) is 3.22. The van der Waals surface area contributed by atoms with Crippen LogP contribution in [-0.4, -0.2) is 16.7 Å². The molecule has 4 nitrogen and oxygen atoms in total. The SMILES string of the molecule is CCOC(C)(CC)c1nc(=S)o[nH]1. The van der Waals surface area contributed by atoms with Crippen molar-refractivity contribution < 1.29 is 9.26 Å². The van der Waals surface area contributed by atoms with Crippen molar-refractivity contribution >= 4 is 12.2 Å². The van der Waals surface area contributed by atoms with Gasteiger partial charge < -0.3 is 9.26 Å². The van der Waals surface area contributed by atoms with E-state index in [0.717, 1.165) is 6.42 Å². The molecule has 1 N–H and O–H groups in total. The second kappa shape index (κ2) is 4.02. The Labute approximate surface area is 82.3 Å². The van der Waals surface area contributed by atoms with Crippen molar-refractivity contribution in [3.05, 3.63) is 10.7 Å². The van der Waals surface area contributed by atoms with Gasteiger partial charge in [-0.25, -0.2) is 5.16 Å². The highest BCUT2D eigenvalue weighted by atomic mass is 32.1. The van der Waals surface area contributed by atoms with Crippen molar-refractivity contribution in [2.45, 2.75) is 32.8 Å². The standard InChI is InChI=1S/C8H14N2O2S/c1-4-8(3,11-5-2)6-9-7(13)12-10-6/h4-5H2,1-3H3,(H,9,10,13). The topological polar surface area (TPSA) is 51.1 Å². The van der Waals surface area contributed by atoms with Crippen LogP contribution >= 0.6 is 12.2 Å². The first-order chi connectivity index (χ1) is 6.12. The molecule has 1 atom stereocenters. The van der Waals surface area contributed by atoms with Crippen LogP contribution in [0.15, 0.2) is 4.52 Å². The minimum absolute atomic E-state index is 0.217. The number of ether oxygens (including phenoxy) is 1. The van der Waals surface area contributed by atoms with Gasteiger partial charge in [-0.2, -0.15) is 4.98 Å². The van der Waals surface area contributed by atoms with Crippen LogP contribution in [-0.2, 0) is 10.3 Å². The predicted molar refractivity (Wildman–Crippen MR) is 51.0 cm³/mol. The number of H-pyrrole nitrogens is 1. The molecule has 0 saturated carbocycles. The van der Waals surface area contributed by atoms with E-state index >= 15 is 0 Å². The van der Waals surface area contributed by atoms with Gasteiger partial charge in [0.2, 0.25) is 0 Å². The monoisotopic (exact) mass is 202 g/mol. The summed E-state index contributed by atoms with van der Waals surface area (Å²) in [5.41, 5.74) is -0.421. The molecule has 0 saturated heterocycles. The molecule has 0 radical (unpaired) electrons. The Morgan fingerprint density at radius 3 is 2.69 bits per heavy atom. The van der Waals surface area contributed by atoms with Crippen molar-refractivity contribution in [2.75, 3.05) is 6.61 Å². The summed E-state index contributed by atoms with van der Waals surface area (Å²) in [5.74, 6) is 0.654. The smallest absolute Gasteiger partial charge is 0.314 e. The van der Waals surface area contributed by atoms with Crippen molar-refractivity contribution in [3.8, 4) is 0 Å². The maximum absolute atomic E-state index is 5.58. The first-order valence-corrected chi connectivity index (χ1v) is 4.73. The van der Waals surface area contributed by atoms with Gasteiger partial charge in [0.15, 0.2) is 5.82 Å². The van der Waals surface area contributed by atoms with Gasteiger partial charge in [0.1, 0.15) is 5.60 Å². The zero-order valence-electron chi connectivity index (χ0n) is 8.09. The molecule has 74 valence electrons. The zero-order chi connectivity index (χ0) is 9.90. The van der Waals surface area contributed by atoms with Crippen LogP contribution in [0.25, 0.3) is 0 Å². The van der Waals surface area contributed by atoms with Gasteiger partial charge >= 0.3 is 4.84 Å². The molecule has 1 aromatic rings. The fourth-order valence-corrected chi connectivity index (χ4v) is 1.24. The van der Waals surface area contributed by atoms with E-state index in [1.165, 1.54) is 0 Å². The fraction of sp³-hybridized carbons (Fsp3) is 0.750. The van der Waals surface area contributed by atoms with Crippen LogP contribution in [0.1, 0.15) is 33.0 Å². The summed E-state index contributed by atoms with van der Waals surface area (Å²) in [5, 5.41) is 2.67. The van der Waals surface area contributed by atoms with E-state index < -0.39 is 5.60 Å². The molecule has 1 rings (SSSR count). The van der Waals surface area contributed by atoms with Crippen LogP contribution in [0.4, 0.5) is 0 Å². The van der Waals surface area contributed by atoms with Crippen molar-refractivity contribution in [2.24, 2.45) is 0 Å². The summed E-state index contributed by atoms with van der Waals surface area (Å²) in [6.45, 7) is 6.57. The highest BCUT2D eigenvalue weighted by molar-refractivity contribution is 7.71. The Bertz CT molecular complexity index is 320. The van der Waals surface area contributed by atoms with E-state index in [-0.39, 0.29) is 4.84 Å². The molecule has 0 bridgehead atoms. The average molecular weight is 202 g/mol. The summed E-state index contributed by atoms with van der Waals surface area (Å²) in [6, 6.07) is 0. The summed E-state index contributed by atoms with van der Waals surface area (Å²) < 4.78 is 10.4. The molecular weight excluding hydrogens is 188 g/mol. The quantitative estimate of drug-likeness (QED) is 0.762. The molecule has 0 fully saturated rings. The Hall–Kier alpha value is -0.680. The van der Waals surface area contributed by atoms with Gasteiger partial charge in [-0.1, -0.05) is 6.92 Å². The van der Waals surface area contributed by atoms with E-state index in [1.807, 2.05) is 20.8 Å². The minimum Gasteiger partial charge on any atom is -0.368 e. The van der Waals surface area contributed by atoms with E-state index in [1.54, 1.807) is 0 Å². The molecule has 0 amide bonds. The third-order valence-electron chi connectivity index (χ3n) is 2.08. The van der Waals surface area contributed by atoms with Crippen LogP contribution < -0.4 is 0 Å². The lowest BCUT2D eigenvalue weighted by Gasteiger charge is -2.24. The highest BCUT2D eigenvalue weighted by Crippen LogP contribution is 2.25. The third-order valence-corrected chi connectivity index (χ3v) is 2.25. The normalized spacial score (nSPS) is 15.6. The second-order valence-electron chi connectivity index (χ2n) is 2.95. The van der Waals surface area contributed by atoms with E-state index in [2.05, 4.69) is 10.1 Å². The summed E-state index contributed by atoms with van der Waals surface area (Å²) in [7, 11) is 0. The molecular formula is C8H14N2O2S. The van der Waals surface area contributed by atoms with Crippen molar-refractivity contribution in [1.82, 2.24) is 10.1 Å². The molecule has 1 aromatic heterocycles. The van der Waals surface area contributed by atoms with Gasteiger partial charge in [0.05, 0.1) is 0 Å². The van der Waals surface area contributed by atoms with Crippen molar-refractivity contribution in [3.63, 3.8) is 0 Å². The lowest BCUT2D eigenvalue weighted by molar-refractivity contribution is -0.0403. The van der Waals surface area contributed by atoms with Crippen LogP contribution in [0.3, 0.4) is 0 Å². The number of hydrogen-bond acceptors (Lipinski definition) is 4. The molecule has 0 aliphatic carbocycles. The maximum Gasteiger partial charge on any atom is 0.314 e. The fourth-order valence-electron chi connectivity index (χ4n) is 1.11. The van der Waals surface area contributed by atoms with Gasteiger partial charge in [-0.05, 0) is 32.5 Å². The van der Waals surface area contributed by atoms with Gasteiger partial charge in [-0.3, -0.25) is 0 Å². The average Bonchev–Trinajstić information content (AvgIpc) is 2.52. The van der Waals surface area contributed by atoms with E-state index in [4.69, 9.17) is 21.5 Å². The van der Waals surface area contributed by atoms with E-state index in [0.29, 0.717) is 12.4 Å². The molecule has 0 aliphatic rings. The molecule has 1 unspecified atom stereocenters. The third kappa shape index (κ3) is 2.16. The molecule has 13 heavy (non-hydrogen) atoms. The van der Waals surface area contributed by atoms with Crippen molar-refractivity contribution in [1.29, 1.82) is 0 Å². The number of hydrogen-bond donors (Lipinski definition) is 1.